The van der Waals surface area contributed by atoms with Gasteiger partial charge in [0.25, 0.3) is 5.91 Å². The maximum Gasteiger partial charge on any atom is 0.265 e. The molecule has 26 heavy (non-hydrogen) atoms. The zero-order chi connectivity index (χ0) is 17.9. The Morgan fingerprint density at radius 2 is 1.77 bits per heavy atom. The molecule has 134 valence electrons. The number of carbonyl (C=O) groups excluding carboxylic acids is 1. The number of hydrogen-bond acceptors (Lipinski definition) is 3. The van der Waals surface area contributed by atoms with E-state index >= 15 is 0 Å². The summed E-state index contributed by atoms with van der Waals surface area (Å²) in [7, 11) is 0. The number of hydrazine groups is 1. The van der Waals surface area contributed by atoms with E-state index in [4.69, 9.17) is 0 Å². The fraction of sp³-hybridized carbons (Fsp3) is 0.318. The topological polar surface area (TPSA) is 32.3 Å². The predicted molar refractivity (Wildman–Crippen MR) is 108 cm³/mol. The molecule has 0 aromatic heterocycles. The molecular formula is C22H24N2OS. The van der Waals surface area contributed by atoms with Crippen molar-refractivity contribution in [2.45, 2.75) is 43.0 Å². The summed E-state index contributed by atoms with van der Waals surface area (Å²) in [5.74, 6) is 0.0814. The molecule has 4 rings (SSSR count). The van der Waals surface area contributed by atoms with Crippen LogP contribution in [0.5, 0.6) is 0 Å². The van der Waals surface area contributed by atoms with Gasteiger partial charge in [0.2, 0.25) is 0 Å². The molecule has 3 nitrogen and oxygen atoms in total. The third-order valence-corrected chi connectivity index (χ3v) is 6.09. The highest BCUT2D eigenvalue weighted by atomic mass is 32.2. The van der Waals surface area contributed by atoms with Crippen molar-refractivity contribution >= 4 is 23.4 Å². The van der Waals surface area contributed by atoms with Gasteiger partial charge in [0, 0.05) is 10.5 Å². The Morgan fingerprint density at radius 1 is 1.04 bits per heavy atom. The third kappa shape index (κ3) is 3.38. The van der Waals surface area contributed by atoms with Crippen molar-refractivity contribution in [1.29, 1.82) is 0 Å². The van der Waals surface area contributed by atoms with Gasteiger partial charge in [-0.25, -0.2) is 0 Å². The highest BCUT2D eigenvalue weighted by molar-refractivity contribution is 7.98. The van der Waals surface area contributed by atoms with Crippen molar-refractivity contribution in [3.8, 4) is 0 Å². The van der Waals surface area contributed by atoms with Crippen LogP contribution in [0.1, 0.15) is 31.2 Å². The summed E-state index contributed by atoms with van der Waals surface area (Å²) in [6.45, 7) is 0. The van der Waals surface area contributed by atoms with Gasteiger partial charge in [-0.3, -0.25) is 15.2 Å². The second-order valence-electron chi connectivity index (χ2n) is 6.93. The predicted octanol–water partition coefficient (Wildman–Crippen LogP) is 4.74. The Labute approximate surface area is 159 Å². The molecule has 0 bridgehead atoms. The zero-order valence-corrected chi connectivity index (χ0v) is 15.9. The van der Waals surface area contributed by atoms with Crippen LogP contribution in [0.2, 0.25) is 0 Å². The van der Waals surface area contributed by atoms with Crippen LogP contribution in [0.4, 0.5) is 5.69 Å². The Balaban J connectivity index is 1.72. The lowest BCUT2D eigenvalue weighted by molar-refractivity contribution is -0.118. The summed E-state index contributed by atoms with van der Waals surface area (Å²) in [6.07, 6.45) is 7.22. The molecule has 2 aliphatic rings. The summed E-state index contributed by atoms with van der Waals surface area (Å²) >= 11 is 1.73. The number of benzene rings is 2. The van der Waals surface area contributed by atoms with Gasteiger partial charge in [0.1, 0.15) is 0 Å². The Morgan fingerprint density at radius 3 is 2.50 bits per heavy atom. The maximum atomic E-state index is 12.7. The minimum Gasteiger partial charge on any atom is -0.278 e. The quantitative estimate of drug-likeness (QED) is 0.795. The minimum atomic E-state index is 0.0814. The standard InChI is InChI=1S/C22H24N2OS/c1-26-18-13-11-17(12-14-18)24-21(15-16-7-3-2-4-8-16)19-9-5-6-10-20(19)22(25)23-24/h2-4,7-8,11-14,21H,5-6,9-10,15H2,1H3,(H,23,25). The van der Waals surface area contributed by atoms with E-state index in [0.717, 1.165) is 36.9 Å². The molecule has 0 saturated carbocycles. The summed E-state index contributed by atoms with van der Waals surface area (Å²) in [6, 6.07) is 19.2. The number of carbonyl (C=O) groups is 1. The van der Waals surface area contributed by atoms with Gasteiger partial charge in [0.15, 0.2) is 0 Å². The van der Waals surface area contributed by atoms with Crippen LogP contribution in [0, 0.1) is 0 Å². The van der Waals surface area contributed by atoms with Crippen molar-refractivity contribution in [3.63, 3.8) is 0 Å². The molecule has 0 fully saturated rings. The van der Waals surface area contributed by atoms with Gasteiger partial charge in [-0.05, 0) is 73.8 Å². The number of hydrogen-bond donors (Lipinski definition) is 1. The molecule has 4 heteroatoms. The first-order chi connectivity index (χ1) is 12.8. The lowest BCUT2D eigenvalue weighted by Crippen LogP contribution is -2.55. The minimum absolute atomic E-state index is 0.0814. The highest BCUT2D eigenvalue weighted by Gasteiger charge is 2.35. The van der Waals surface area contributed by atoms with Gasteiger partial charge in [0.05, 0.1) is 11.7 Å². The van der Waals surface area contributed by atoms with Crippen LogP contribution in [-0.4, -0.2) is 18.2 Å². The summed E-state index contributed by atoms with van der Waals surface area (Å²) in [5, 5.41) is 2.09. The van der Waals surface area contributed by atoms with E-state index < -0.39 is 0 Å². The molecule has 1 unspecified atom stereocenters. The molecule has 1 aliphatic carbocycles. The highest BCUT2D eigenvalue weighted by Crippen LogP contribution is 2.35. The molecule has 1 atom stereocenters. The van der Waals surface area contributed by atoms with Crippen LogP contribution < -0.4 is 10.4 Å². The lowest BCUT2D eigenvalue weighted by Gasteiger charge is -2.42. The van der Waals surface area contributed by atoms with E-state index in [1.165, 1.54) is 22.5 Å². The molecule has 0 radical (unpaired) electrons. The molecule has 0 saturated heterocycles. The molecule has 1 amide bonds. The average Bonchev–Trinajstić information content (AvgIpc) is 2.71. The number of nitrogens with zero attached hydrogens (tertiary/aromatic N) is 1. The molecular weight excluding hydrogens is 340 g/mol. The SMILES string of the molecule is CSc1ccc(N2NC(=O)C3=C(CCCC3)C2Cc2ccccc2)cc1. The number of anilines is 1. The number of amides is 1. The van der Waals surface area contributed by atoms with Gasteiger partial charge in [-0.2, -0.15) is 0 Å². The monoisotopic (exact) mass is 364 g/mol. The van der Waals surface area contributed by atoms with Crippen molar-refractivity contribution < 1.29 is 4.79 Å². The number of thioether (sulfide) groups is 1. The second kappa shape index (κ2) is 7.58. The van der Waals surface area contributed by atoms with Gasteiger partial charge in [-0.1, -0.05) is 30.3 Å². The fourth-order valence-electron chi connectivity index (χ4n) is 4.01. The first-order valence-electron chi connectivity index (χ1n) is 9.26. The first-order valence-corrected chi connectivity index (χ1v) is 10.5. The Bertz CT molecular complexity index is 814. The molecule has 2 aromatic carbocycles. The van der Waals surface area contributed by atoms with Crippen molar-refractivity contribution in [3.05, 3.63) is 71.3 Å². The first kappa shape index (κ1) is 17.2. The van der Waals surface area contributed by atoms with E-state index in [0.29, 0.717) is 0 Å². The summed E-state index contributed by atoms with van der Waals surface area (Å²) < 4.78 is 0. The summed E-state index contributed by atoms with van der Waals surface area (Å²) in [5.41, 5.74) is 7.88. The van der Waals surface area contributed by atoms with Crippen LogP contribution in [0.3, 0.4) is 0 Å². The third-order valence-electron chi connectivity index (χ3n) is 5.34. The van der Waals surface area contributed by atoms with Crippen LogP contribution in [-0.2, 0) is 11.2 Å². The van der Waals surface area contributed by atoms with Gasteiger partial charge < -0.3 is 0 Å². The molecule has 2 aromatic rings. The Hall–Kier alpha value is -2.20. The van der Waals surface area contributed by atoms with E-state index in [1.54, 1.807) is 11.8 Å². The number of nitrogens with one attached hydrogen (secondary N) is 1. The van der Waals surface area contributed by atoms with E-state index in [2.05, 4.69) is 71.3 Å². The van der Waals surface area contributed by atoms with Crippen molar-refractivity contribution in [2.75, 3.05) is 11.3 Å². The second-order valence-corrected chi connectivity index (χ2v) is 7.81. The van der Waals surface area contributed by atoms with Crippen LogP contribution in [0.25, 0.3) is 0 Å². The van der Waals surface area contributed by atoms with E-state index in [-0.39, 0.29) is 11.9 Å². The number of rotatable bonds is 4. The normalized spacial score (nSPS) is 20.0. The molecule has 0 spiro atoms. The van der Waals surface area contributed by atoms with E-state index in [9.17, 15) is 4.79 Å². The average molecular weight is 365 g/mol. The summed E-state index contributed by atoms with van der Waals surface area (Å²) in [4.78, 5) is 13.9. The molecule has 1 heterocycles. The smallest absolute Gasteiger partial charge is 0.265 e. The van der Waals surface area contributed by atoms with Gasteiger partial charge in [-0.15, -0.1) is 11.8 Å². The van der Waals surface area contributed by atoms with Crippen LogP contribution in [0.15, 0.2) is 70.6 Å². The lowest BCUT2D eigenvalue weighted by atomic mass is 9.83. The Kier molecular flexibility index (Phi) is 5.02. The molecule has 1 aliphatic heterocycles. The molecule has 1 N–H and O–H groups in total. The van der Waals surface area contributed by atoms with Crippen molar-refractivity contribution in [2.24, 2.45) is 0 Å². The van der Waals surface area contributed by atoms with E-state index in [1.807, 2.05) is 0 Å². The fourth-order valence-corrected chi connectivity index (χ4v) is 4.41. The van der Waals surface area contributed by atoms with Crippen LogP contribution >= 0.6 is 11.8 Å². The van der Waals surface area contributed by atoms with Crippen molar-refractivity contribution in [1.82, 2.24) is 5.43 Å². The zero-order valence-electron chi connectivity index (χ0n) is 15.1. The largest absolute Gasteiger partial charge is 0.278 e. The van der Waals surface area contributed by atoms with Gasteiger partial charge >= 0.3 is 0 Å². The maximum absolute atomic E-state index is 12.7.